The quantitative estimate of drug-likeness (QED) is 0.0905. The van der Waals surface area contributed by atoms with Gasteiger partial charge in [-0.25, -0.2) is 9.97 Å². The summed E-state index contributed by atoms with van der Waals surface area (Å²) in [6.45, 7) is 3.19. The predicted molar refractivity (Wildman–Crippen MR) is 187 cm³/mol. The van der Waals surface area contributed by atoms with Crippen LogP contribution in [0.1, 0.15) is 75.1 Å². The van der Waals surface area contributed by atoms with Gasteiger partial charge in [0.1, 0.15) is 24.0 Å². The van der Waals surface area contributed by atoms with Crippen molar-refractivity contribution in [3.8, 4) is 0 Å². The number of rotatable bonds is 13. The number of unbranched alkanes of at least 4 members (excludes halogenated alkanes) is 1. The summed E-state index contributed by atoms with van der Waals surface area (Å²) in [6.07, 6.45) is 1.69. The van der Waals surface area contributed by atoms with E-state index in [2.05, 4.69) is 31.2 Å². The number of aryl methyl sites for hydroxylation is 2. The molecule has 2 atom stereocenters. The molecule has 16 heteroatoms. The Labute approximate surface area is 291 Å². The van der Waals surface area contributed by atoms with Crippen molar-refractivity contribution in [1.82, 2.24) is 29.7 Å². The highest BCUT2D eigenvalue weighted by molar-refractivity contribution is 6.02. The summed E-state index contributed by atoms with van der Waals surface area (Å²) < 4.78 is 2.47. The summed E-state index contributed by atoms with van der Waals surface area (Å²) in [7, 11) is 1.48. The largest absolute Gasteiger partial charge is 0.359 e. The van der Waals surface area contributed by atoms with Crippen LogP contribution in [0.3, 0.4) is 0 Å². The van der Waals surface area contributed by atoms with Crippen LogP contribution in [-0.4, -0.2) is 62.0 Å². The topological polar surface area (TPSA) is 220 Å². The minimum atomic E-state index is -0.928. The summed E-state index contributed by atoms with van der Waals surface area (Å²) in [6, 6.07) is 7.83. The van der Waals surface area contributed by atoms with E-state index in [0.29, 0.717) is 36.0 Å². The molecule has 2 unspecified atom stereocenters. The zero-order valence-corrected chi connectivity index (χ0v) is 28.4. The molecule has 4 N–H and O–H groups in total. The SMILES string of the molecule is CNC(=O)CCC(C=O)n1c(C)nc2cccc(NC(=O)CCCCC(=O)Nc3cccc4nc(C)n(C5CCC(=O)NC5=O)c(=O)c34)c2c1=O. The van der Waals surface area contributed by atoms with Crippen molar-refractivity contribution in [3.63, 3.8) is 0 Å². The van der Waals surface area contributed by atoms with E-state index in [1.54, 1.807) is 50.2 Å². The van der Waals surface area contributed by atoms with Gasteiger partial charge in [0.2, 0.25) is 29.5 Å². The molecule has 5 rings (SSSR count). The number of nitrogens with zero attached hydrogens (tertiary/aromatic N) is 4. The molecule has 266 valence electrons. The van der Waals surface area contributed by atoms with E-state index in [9.17, 15) is 38.4 Å². The highest BCUT2D eigenvalue weighted by Crippen LogP contribution is 2.25. The molecule has 3 heterocycles. The minimum Gasteiger partial charge on any atom is -0.359 e. The Morgan fingerprint density at radius 3 is 1.96 bits per heavy atom. The first kappa shape index (κ1) is 36.2. The standard InChI is InChI=1S/C35H38N8O8/c1-19-37-22-8-6-10-24(31(22)34(50)42(19)21(18-44)14-16-27(45)36-3)39-28(46)12-4-5-13-29(47)40-25-11-7-9-23-32(25)35(51)43(20(2)38-23)26-15-17-30(48)41-33(26)49/h6-11,18,21,26H,4-5,12-17H2,1-3H3,(H,36,45)(H,39,46)(H,40,47)(H,41,48,49). The highest BCUT2D eigenvalue weighted by Gasteiger charge is 2.31. The minimum absolute atomic E-state index is 0.0311. The van der Waals surface area contributed by atoms with Crippen LogP contribution >= 0.6 is 0 Å². The molecule has 0 spiro atoms. The molecule has 2 aromatic carbocycles. The predicted octanol–water partition coefficient (Wildman–Crippen LogP) is 2.10. The van der Waals surface area contributed by atoms with Crippen molar-refractivity contribution in [2.75, 3.05) is 17.7 Å². The van der Waals surface area contributed by atoms with Gasteiger partial charge >= 0.3 is 0 Å². The van der Waals surface area contributed by atoms with Crippen molar-refractivity contribution < 1.29 is 28.8 Å². The van der Waals surface area contributed by atoms with E-state index < -0.39 is 46.8 Å². The van der Waals surface area contributed by atoms with Crippen LogP contribution in [0.2, 0.25) is 0 Å². The van der Waals surface area contributed by atoms with Crippen molar-refractivity contribution in [3.05, 3.63) is 68.8 Å². The van der Waals surface area contributed by atoms with Gasteiger partial charge in [0.25, 0.3) is 11.1 Å². The van der Waals surface area contributed by atoms with Gasteiger partial charge in [-0.2, -0.15) is 0 Å². The summed E-state index contributed by atoms with van der Waals surface area (Å²) >= 11 is 0. The summed E-state index contributed by atoms with van der Waals surface area (Å²) in [5.41, 5.74) is 0.0795. The molecule has 4 aromatic rings. The molecule has 0 saturated carbocycles. The molecule has 5 amide bonds. The molecule has 1 saturated heterocycles. The number of anilines is 2. The molecule has 1 aliphatic heterocycles. The number of imide groups is 1. The van der Waals surface area contributed by atoms with Gasteiger partial charge in [0.05, 0.1) is 39.2 Å². The monoisotopic (exact) mass is 698 g/mol. The van der Waals surface area contributed by atoms with Gasteiger partial charge < -0.3 is 20.7 Å². The number of carbonyl (C=O) groups is 6. The Balaban J connectivity index is 1.23. The Bertz CT molecular complexity index is 2190. The number of hydrogen-bond acceptors (Lipinski definition) is 10. The summed E-state index contributed by atoms with van der Waals surface area (Å²) in [5, 5.41) is 10.5. The third-order valence-electron chi connectivity index (χ3n) is 8.77. The van der Waals surface area contributed by atoms with E-state index in [4.69, 9.17) is 0 Å². The number of fused-ring (bicyclic) bond motifs is 2. The van der Waals surface area contributed by atoms with Crippen LogP contribution in [0.25, 0.3) is 21.8 Å². The average Bonchev–Trinajstić information content (AvgIpc) is 3.08. The maximum atomic E-state index is 13.6. The lowest BCUT2D eigenvalue weighted by molar-refractivity contribution is -0.136. The number of amides is 5. The number of nitrogens with one attached hydrogen (secondary N) is 4. The van der Waals surface area contributed by atoms with Gasteiger partial charge in [-0.05, 0) is 63.8 Å². The Kier molecular flexibility index (Phi) is 11.1. The Morgan fingerprint density at radius 2 is 1.41 bits per heavy atom. The molecule has 0 aliphatic carbocycles. The van der Waals surface area contributed by atoms with Crippen molar-refractivity contribution in [1.29, 1.82) is 0 Å². The van der Waals surface area contributed by atoms with Gasteiger partial charge in [0.15, 0.2) is 0 Å². The zero-order chi connectivity index (χ0) is 36.8. The molecule has 51 heavy (non-hydrogen) atoms. The van der Waals surface area contributed by atoms with Crippen molar-refractivity contribution in [2.45, 2.75) is 77.3 Å². The fraction of sp³-hybridized carbons (Fsp3) is 0.371. The zero-order valence-electron chi connectivity index (χ0n) is 28.4. The smallest absolute Gasteiger partial charge is 0.264 e. The lowest BCUT2D eigenvalue weighted by Crippen LogP contribution is -2.45. The Morgan fingerprint density at radius 1 is 0.843 bits per heavy atom. The van der Waals surface area contributed by atoms with E-state index in [1.165, 1.54) is 16.2 Å². The van der Waals surface area contributed by atoms with Crippen LogP contribution < -0.4 is 32.4 Å². The first-order chi connectivity index (χ1) is 24.4. The van der Waals surface area contributed by atoms with Gasteiger partial charge in [-0.1, -0.05) is 12.1 Å². The first-order valence-electron chi connectivity index (χ1n) is 16.6. The molecule has 1 aliphatic rings. The normalized spacial score (nSPS) is 14.9. The van der Waals surface area contributed by atoms with E-state index in [0.717, 1.165) is 0 Å². The average molecular weight is 699 g/mol. The fourth-order valence-electron chi connectivity index (χ4n) is 6.26. The number of aldehydes is 1. The number of benzene rings is 2. The first-order valence-corrected chi connectivity index (χ1v) is 16.6. The maximum absolute atomic E-state index is 13.6. The highest BCUT2D eigenvalue weighted by atomic mass is 16.2. The van der Waals surface area contributed by atoms with E-state index >= 15 is 0 Å². The summed E-state index contributed by atoms with van der Waals surface area (Å²) in [5.74, 6) is -1.48. The molecular weight excluding hydrogens is 660 g/mol. The molecule has 0 radical (unpaired) electrons. The van der Waals surface area contributed by atoms with Crippen LogP contribution in [0.4, 0.5) is 11.4 Å². The molecule has 2 aromatic heterocycles. The lowest BCUT2D eigenvalue weighted by Gasteiger charge is -2.24. The van der Waals surface area contributed by atoms with Gasteiger partial charge in [-0.3, -0.25) is 48.0 Å². The van der Waals surface area contributed by atoms with Crippen molar-refractivity contribution in [2.24, 2.45) is 0 Å². The Hall–Kier alpha value is -6.06. The van der Waals surface area contributed by atoms with E-state index in [-0.39, 0.29) is 72.4 Å². The molecule has 1 fully saturated rings. The van der Waals surface area contributed by atoms with Gasteiger partial charge in [0, 0.05) is 32.7 Å². The number of carbonyl (C=O) groups excluding carboxylic acids is 6. The second-order valence-electron chi connectivity index (χ2n) is 12.3. The van der Waals surface area contributed by atoms with Crippen LogP contribution in [0.15, 0.2) is 46.0 Å². The van der Waals surface area contributed by atoms with Crippen molar-refractivity contribution >= 4 is 69.0 Å². The van der Waals surface area contributed by atoms with Crippen LogP contribution in [0, 0.1) is 13.8 Å². The second kappa shape index (κ2) is 15.7. The fourth-order valence-corrected chi connectivity index (χ4v) is 6.26. The molecule has 16 nitrogen and oxygen atoms in total. The molecular formula is C35H38N8O8. The third-order valence-corrected chi connectivity index (χ3v) is 8.77. The van der Waals surface area contributed by atoms with Crippen LogP contribution in [0.5, 0.6) is 0 Å². The third kappa shape index (κ3) is 7.90. The second-order valence-corrected chi connectivity index (χ2v) is 12.3. The lowest BCUT2D eigenvalue weighted by atomic mass is 10.1. The van der Waals surface area contributed by atoms with E-state index in [1.807, 2.05) is 0 Å². The maximum Gasteiger partial charge on any atom is 0.264 e. The number of hydrogen-bond donors (Lipinski definition) is 4. The number of aromatic nitrogens is 4. The summed E-state index contributed by atoms with van der Waals surface area (Å²) in [4.78, 5) is 110. The van der Waals surface area contributed by atoms with Gasteiger partial charge in [-0.15, -0.1) is 0 Å². The molecule has 0 bridgehead atoms. The van der Waals surface area contributed by atoms with Crippen LogP contribution in [-0.2, 0) is 28.8 Å². The number of piperidine rings is 1.